The molecule has 0 saturated carbocycles. The Morgan fingerprint density at radius 2 is 1.33 bits per heavy atom. The van der Waals surface area contributed by atoms with Crippen LogP contribution in [-0.4, -0.2) is 27.1 Å². The maximum atomic E-state index is 13.9. The van der Waals surface area contributed by atoms with Crippen molar-refractivity contribution in [2.45, 2.75) is 26.1 Å². The third kappa shape index (κ3) is 4.07. The van der Waals surface area contributed by atoms with Gasteiger partial charge in [-0.1, -0.05) is 104 Å². The van der Waals surface area contributed by atoms with E-state index in [1.165, 1.54) is 10.0 Å². The summed E-state index contributed by atoms with van der Waals surface area (Å²) in [4.78, 5) is 27.3. The third-order valence-corrected chi connectivity index (χ3v) is 6.19. The van der Waals surface area contributed by atoms with Crippen LogP contribution in [0.5, 0.6) is 0 Å². The number of fused-ring (bicyclic) bond motifs is 1. The van der Waals surface area contributed by atoms with Gasteiger partial charge >= 0.3 is 12.1 Å². The largest absolute Gasteiger partial charge is 0.358 e. The topological polar surface area (TPSA) is 55.9 Å². The van der Waals surface area contributed by atoms with Crippen LogP contribution in [0.1, 0.15) is 35.2 Å². The van der Waals surface area contributed by atoms with Gasteiger partial charge in [-0.3, -0.25) is 0 Å². The molecule has 5 rings (SSSR count). The summed E-state index contributed by atoms with van der Waals surface area (Å²) in [5, 5.41) is 4.55. The number of hydrogen-bond acceptors (Lipinski definition) is 2. The van der Waals surface area contributed by atoms with Gasteiger partial charge in [0.15, 0.2) is 0 Å². The third-order valence-electron chi connectivity index (χ3n) is 6.19. The van der Waals surface area contributed by atoms with Crippen molar-refractivity contribution in [3.8, 4) is 0 Å². The molecule has 1 aliphatic heterocycles. The van der Waals surface area contributed by atoms with Crippen molar-refractivity contribution in [3.63, 3.8) is 0 Å². The van der Waals surface area contributed by atoms with Crippen LogP contribution in [0, 0.1) is 5.92 Å². The fraction of sp³-hybridized carbons (Fsp3) is 0.185. The maximum absolute atomic E-state index is 13.9. The number of benzene rings is 3. The van der Waals surface area contributed by atoms with Gasteiger partial charge in [-0.15, -0.1) is 0 Å². The molecular formula is C27H26N4O2. The van der Waals surface area contributed by atoms with Crippen LogP contribution in [-0.2, 0) is 13.1 Å². The smallest absolute Gasteiger partial charge is 0.245 e. The maximum Gasteiger partial charge on any atom is 0.358 e. The molecule has 3 aromatic rings. The van der Waals surface area contributed by atoms with Gasteiger partial charge in [0.2, 0.25) is 0 Å². The van der Waals surface area contributed by atoms with Gasteiger partial charge in [-0.25, -0.2) is 30.0 Å². The van der Waals surface area contributed by atoms with Crippen molar-refractivity contribution >= 4 is 18.1 Å². The zero-order valence-corrected chi connectivity index (χ0v) is 18.5. The van der Waals surface area contributed by atoms with E-state index < -0.39 is 0 Å². The first-order valence-electron chi connectivity index (χ1n) is 11.2. The molecule has 1 aliphatic carbocycles. The summed E-state index contributed by atoms with van der Waals surface area (Å²) in [5.41, 5.74) is 6.88. The molecule has 3 aromatic carbocycles. The number of nitrogens with zero attached hydrogens (tertiary/aromatic N) is 3. The van der Waals surface area contributed by atoms with Crippen molar-refractivity contribution in [2.75, 3.05) is 0 Å². The predicted molar refractivity (Wildman–Crippen MR) is 127 cm³/mol. The van der Waals surface area contributed by atoms with Gasteiger partial charge in [-0.05, 0) is 22.3 Å². The monoisotopic (exact) mass is 438 g/mol. The summed E-state index contributed by atoms with van der Waals surface area (Å²) >= 11 is 0. The van der Waals surface area contributed by atoms with E-state index in [1.54, 1.807) is 5.01 Å². The van der Waals surface area contributed by atoms with Crippen LogP contribution >= 0.6 is 0 Å². The molecule has 0 radical (unpaired) electrons. The van der Waals surface area contributed by atoms with E-state index in [0.717, 1.165) is 22.3 Å². The minimum Gasteiger partial charge on any atom is -0.245 e. The van der Waals surface area contributed by atoms with Gasteiger partial charge in [0, 0.05) is 5.92 Å². The molecule has 2 aliphatic rings. The normalized spacial score (nSPS) is 20.0. The Balaban J connectivity index is 1.50. The molecular weight excluding hydrogens is 412 g/mol. The molecule has 1 saturated heterocycles. The lowest BCUT2D eigenvalue weighted by molar-refractivity contribution is -0.0351. The highest BCUT2D eigenvalue weighted by Crippen LogP contribution is 2.37. The molecule has 6 heteroatoms. The van der Waals surface area contributed by atoms with Crippen LogP contribution in [0.3, 0.4) is 0 Å². The number of nitrogens with one attached hydrogen (secondary N) is 1. The summed E-state index contributed by atoms with van der Waals surface area (Å²) in [7, 11) is 0. The molecule has 1 N–H and O–H groups in total. The average Bonchev–Trinajstić information content (AvgIpc) is 2.85. The fourth-order valence-electron chi connectivity index (χ4n) is 4.51. The molecule has 166 valence electrons. The Morgan fingerprint density at radius 3 is 2.00 bits per heavy atom. The van der Waals surface area contributed by atoms with E-state index >= 15 is 0 Å². The summed E-state index contributed by atoms with van der Waals surface area (Å²) in [6.45, 7) is 2.67. The number of hydrazine groups is 2. The lowest BCUT2D eigenvalue weighted by atomic mass is 9.85. The Labute approximate surface area is 193 Å². The quantitative estimate of drug-likeness (QED) is 0.582. The Morgan fingerprint density at radius 1 is 0.758 bits per heavy atom. The zero-order valence-electron chi connectivity index (χ0n) is 18.5. The number of urea groups is 2. The molecule has 1 fully saturated rings. The van der Waals surface area contributed by atoms with Crippen LogP contribution in [0.15, 0.2) is 91.0 Å². The number of hydrogen-bond donors (Lipinski definition) is 1. The molecule has 4 amide bonds. The van der Waals surface area contributed by atoms with E-state index in [4.69, 9.17) is 0 Å². The average molecular weight is 439 g/mol. The highest BCUT2D eigenvalue weighted by atomic mass is 16.2. The molecule has 6 nitrogen and oxygen atoms in total. The standard InChI is InChI=1S/C27H26N4O2/c1-20-16-17-23-14-8-9-15-24(23)25(20)31-27(33)30(19-22-12-6-3-7-13-22)29(26(32)28-31)18-21-10-4-2-5-11-21/h2-17,20,25H,18-19H2,1H3,(H,28,32)/t20-,25+/m1/s1. The van der Waals surface area contributed by atoms with Crippen molar-refractivity contribution < 1.29 is 9.59 Å². The second kappa shape index (κ2) is 8.82. The predicted octanol–water partition coefficient (Wildman–Crippen LogP) is 5.37. The molecule has 0 bridgehead atoms. The Bertz CT molecular complexity index is 1180. The number of carbonyl (C=O) groups is 2. The molecule has 0 spiro atoms. The number of amides is 4. The van der Waals surface area contributed by atoms with Crippen LogP contribution in [0.4, 0.5) is 9.59 Å². The van der Waals surface area contributed by atoms with E-state index in [9.17, 15) is 9.59 Å². The van der Waals surface area contributed by atoms with Gasteiger partial charge in [-0.2, -0.15) is 0 Å². The highest BCUT2D eigenvalue weighted by molar-refractivity contribution is 5.86. The molecule has 33 heavy (non-hydrogen) atoms. The minimum absolute atomic E-state index is 0.0448. The Hall–Kier alpha value is -4.06. The number of carbonyl (C=O) groups excluding carboxylic acids is 2. The van der Waals surface area contributed by atoms with Crippen molar-refractivity contribution in [2.24, 2.45) is 5.92 Å². The summed E-state index contributed by atoms with van der Waals surface area (Å²) in [6.07, 6.45) is 4.17. The first-order valence-corrected chi connectivity index (χ1v) is 11.2. The Kier molecular flexibility index (Phi) is 5.57. The molecule has 0 unspecified atom stereocenters. The summed E-state index contributed by atoms with van der Waals surface area (Å²) in [5.74, 6) is 0.0448. The van der Waals surface area contributed by atoms with E-state index in [1.807, 2.05) is 84.9 Å². The van der Waals surface area contributed by atoms with Gasteiger partial charge in [0.05, 0.1) is 19.1 Å². The number of rotatable bonds is 5. The van der Waals surface area contributed by atoms with E-state index in [0.29, 0.717) is 13.1 Å². The van der Waals surface area contributed by atoms with Crippen molar-refractivity contribution in [1.82, 2.24) is 20.5 Å². The first-order chi connectivity index (χ1) is 16.1. The zero-order chi connectivity index (χ0) is 22.8. The first kappa shape index (κ1) is 20.8. The van der Waals surface area contributed by atoms with Crippen molar-refractivity contribution in [3.05, 3.63) is 113 Å². The lowest BCUT2D eigenvalue weighted by Gasteiger charge is -2.47. The lowest BCUT2D eigenvalue weighted by Crippen LogP contribution is -2.68. The second-order valence-electron chi connectivity index (χ2n) is 8.45. The fourth-order valence-corrected chi connectivity index (χ4v) is 4.51. The van der Waals surface area contributed by atoms with Gasteiger partial charge in [0.1, 0.15) is 0 Å². The van der Waals surface area contributed by atoms with Crippen LogP contribution < -0.4 is 5.43 Å². The van der Waals surface area contributed by atoms with Gasteiger partial charge < -0.3 is 0 Å². The summed E-state index contributed by atoms with van der Waals surface area (Å²) < 4.78 is 0. The molecule has 2 atom stereocenters. The summed E-state index contributed by atoms with van der Waals surface area (Å²) in [6, 6.07) is 26.6. The SMILES string of the molecule is C[C@@H]1C=Cc2ccccc2[C@H]1N1NC(=O)N(Cc2ccccc2)N(Cc2ccccc2)C1=O. The highest BCUT2D eigenvalue weighted by Gasteiger charge is 2.42. The van der Waals surface area contributed by atoms with Crippen molar-refractivity contribution in [1.29, 1.82) is 0 Å². The van der Waals surface area contributed by atoms with Crippen LogP contribution in [0.25, 0.3) is 6.08 Å². The van der Waals surface area contributed by atoms with E-state index in [2.05, 4.69) is 24.5 Å². The minimum atomic E-state index is -0.325. The molecule has 1 heterocycles. The van der Waals surface area contributed by atoms with Crippen LogP contribution in [0.2, 0.25) is 0 Å². The molecule has 0 aromatic heterocycles. The van der Waals surface area contributed by atoms with Gasteiger partial charge in [0.25, 0.3) is 0 Å². The van der Waals surface area contributed by atoms with E-state index in [-0.39, 0.29) is 24.0 Å². The second-order valence-corrected chi connectivity index (χ2v) is 8.45.